The van der Waals surface area contributed by atoms with Crippen molar-refractivity contribution in [2.75, 3.05) is 17.3 Å². The Kier molecular flexibility index (Phi) is 6.90. The zero-order valence-corrected chi connectivity index (χ0v) is 18.5. The molecule has 0 bridgehead atoms. The van der Waals surface area contributed by atoms with E-state index in [9.17, 15) is 18.5 Å². The summed E-state index contributed by atoms with van der Waals surface area (Å²) in [7, 11) is -2.72. The van der Waals surface area contributed by atoms with Crippen LogP contribution in [0.25, 0.3) is 0 Å². The summed E-state index contributed by atoms with van der Waals surface area (Å²) in [5.74, 6) is 0.545. The van der Waals surface area contributed by atoms with Crippen molar-refractivity contribution >= 4 is 32.8 Å². The predicted octanol–water partition coefficient (Wildman–Crippen LogP) is 4.11. The van der Waals surface area contributed by atoms with Gasteiger partial charge in [0.2, 0.25) is 0 Å². The molecule has 2 N–H and O–H groups in total. The first-order chi connectivity index (χ1) is 15.7. The van der Waals surface area contributed by atoms with Crippen molar-refractivity contribution in [1.29, 1.82) is 5.26 Å². The van der Waals surface area contributed by atoms with Crippen molar-refractivity contribution in [3.05, 3.63) is 88.0 Å². The van der Waals surface area contributed by atoms with Crippen molar-refractivity contribution in [2.45, 2.75) is 11.8 Å². The van der Waals surface area contributed by atoms with Crippen LogP contribution in [0.3, 0.4) is 0 Å². The first kappa shape index (κ1) is 23.2. The minimum atomic E-state index is -4.20. The fourth-order valence-electron chi connectivity index (χ4n) is 2.80. The maximum Gasteiger partial charge on any atom is 0.270 e. The molecule has 0 saturated carbocycles. The van der Waals surface area contributed by atoms with Crippen LogP contribution in [0.2, 0.25) is 0 Å². The third-order valence-corrected chi connectivity index (χ3v) is 6.00. The third kappa shape index (κ3) is 5.63. The highest BCUT2D eigenvalue weighted by Crippen LogP contribution is 2.29. The average molecular weight is 465 g/mol. The number of methoxy groups -OCH3 is 1. The van der Waals surface area contributed by atoms with Gasteiger partial charge in [0.15, 0.2) is 0 Å². The van der Waals surface area contributed by atoms with Crippen LogP contribution in [0.1, 0.15) is 18.1 Å². The Morgan fingerprint density at radius 3 is 2.33 bits per heavy atom. The molecule has 0 aliphatic rings. The van der Waals surface area contributed by atoms with Crippen LogP contribution in [-0.4, -0.2) is 26.2 Å². The summed E-state index contributed by atoms with van der Waals surface area (Å²) >= 11 is 0. The molecule has 33 heavy (non-hydrogen) atoms. The van der Waals surface area contributed by atoms with Crippen LogP contribution in [-0.2, 0) is 10.0 Å². The van der Waals surface area contributed by atoms with Gasteiger partial charge >= 0.3 is 0 Å². The van der Waals surface area contributed by atoms with E-state index in [1.165, 1.54) is 31.4 Å². The van der Waals surface area contributed by atoms with E-state index >= 15 is 0 Å². The summed E-state index contributed by atoms with van der Waals surface area (Å²) in [5, 5.41) is 24.3. The molecule has 0 radical (unpaired) electrons. The quantitative estimate of drug-likeness (QED) is 0.289. The fourth-order valence-corrected chi connectivity index (χ4v) is 4.04. The van der Waals surface area contributed by atoms with Gasteiger partial charge in [0, 0.05) is 17.8 Å². The Morgan fingerprint density at radius 1 is 1.09 bits per heavy atom. The normalized spacial score (nSPS) is 11.4. The molecule has 3 aromatic rings. The molecule has 11 heteroatoms. The van der Waals surface area contributed by atoms with Crippen molar-refractivity contribution in [3.8, 4) is 11.8 Å². The number of benzene rings is 3. The number of nitro benzene ring substituents is 1. The molecule has 0 saturated heterocycles. The van der Waals surface area contributed by atoms with Gasteiger partial charge in [-0.1, -0.05) is 12.1 Å². The minimum Gasteiger partial charge on any atom is -0.497 e. The van der Waals surface area contributed by atoms with Crippen LogP contribution in [0.4, 0.5) is 17.1 Å². The number of hydrogen-bond acceptors (Lipinski definition) is 8. The number of nitrogens with zero attached hydrogens (tertiary/aromatic N) is 3. The van der Waals surface area contributed by atoms with Gasteiger partial charge < -0.3 is 4.74 Å². The van der Waals surface area contributed by atoms with Gasteiger partial charge in [-0.15, -0.1) is 0 Å². The molecular formula is C22H19N5O5S. The monoisotopic (exact) mass is 465 g/mol. The zero-order chi connectivity index (χ0) is 24.0. The number of non-ortho nitro benzene ring substituents is 1. The minimum absolute atomic E-state index is 0.0506. The number of rotatable bonds is 8. The molecule has 0 aromatic heterocycles. The van der Waals surface area contributed by atoms with Gasteiger partial charge in [0.25, 0.3) is 15.7 Å². The summed E-state index contributed by atoms with van der Waals surface area (Å²) < 4.78 is 33.6. The first-order valence-electron chi connectivity index (χ1n) is 9.49. The van der Waals surface area contributed by atoms with Gasteiger partial charge in [-0.05, 0) is 55.0 Å². The predicted molar refractivity (Wildman–Crippen MR) is 124 cm³/mol. The van der Waals surface area contributed by atoms with Gasteiger partial charge in [0.05, 0.1) is 35.1 Å². The van der Waals surface area contributed by atoms with Gasteiger partial charge in [-0.25, -0.2) is 8.42 Å². The molecule has 168 valence electrons. The van der Waals surface area contributed by atoms with Crippen molar-refractivity contribution in [3.63, 3.8) is 0 Å². The zero-order valence-electron chi connectivity index (χ0n) is 17.6. The van der Waals surface area contributed by atoms with E-state index in [0.717, 1.165) is 6.07 Å². The Bertz CT molecular complexity index is 1350. The second-order valence-corrected chi connectivity index (χ2v) is 8.42. The highest BCUT2D eigenvalue weighted by molar-refractivity contribution is 7.92. The largest absolute Gasteiger partial charge is 0.497 e. The summed E-state index contributed by atoms with van der Waals surface area (Å²) in [4.78, 5) is 10.2. The number of hydrogen-bond donors (Lipinski definition) is 2. The van der Waals surface area contributed by atoms with Crippen LogP contribution >= 0.6 is 0 Å². The number of ether oxygens (including phenoxy) is 1. The summed E-state index contributed by atoms with van der Waals surface area (Å²) in [6.07, 6.45) is 0. The molecule has 0 unspecified atom stereocenters. The number of anilines is 2. The Balaban J connectivity index is 1.94. The van der Waals surface area contributed by atoms with E-state index in [2.05, 4.69) is 15.2 Å². The Labute approximate surface area is 190 Å². The smallest absolute Gasteiger partial charge is 0.270 e. The van der Waals surface area contributed by atoms with Gasteiger partial charge in [-0.2, -0.15) is 10.4 Å². The number of nitro groups is 1. The van der Waals surface area contributed by atoms with Crippen LogP contribution < -0.4 is 14.9 Å². The van der Waals surface area contributed by atoms with E-state index in [-0.39, 0.29) is 22.0 Å². The maximum absolute atomic E-state index is 13.1. The Hall–Kier alpha value is -4.43. The lowest BCUT2D eigenvalue weighted by atomic mass is 10.1. The molecule has 0 aliphatic carbocycles. The average Bonchev–Trinajstić information content (AvgIpc) is 2.82. The van der Waals surface area contributed by atoms with E-state index < -0.39 is 14.9 Å². The molecule has 0 spiro atoms. The SMILES string of the molecule is COc1ccc(NS(=O)(=O)c2cc([N+](=O)[O-])ccc2N/N=C(\C)c2ccc(C#N)cc2)cc1. The molecule has 0 heterocycles. The molecule has 3 aromatic carbocycles. The summed E-state index contributed by atoms with van der Waals surface area (Å²) in [5.41, 5.74) is 4.32. The standard InChI is InChI=1S/C22H19N5O5S/c1-15(17-5-3-16(14-23)4-6-17)24-25-21-12-9-19(27(28)29)13-22(21)33(30,31)26-18-7-10-20(32-2)11-8-18/h3-13,25-26H,1-2H3/b24-15+. The molecule has 3 rings (SSSR count). The molecule has 0 amide bonds. The summed E-state index contributed by atoms with van der Waals surface area (Å²) in [6, 6.07) is 18.3. The molecule has 10 nitrogen and oxygen atoms in total. The molecule has 0 atom stereocenters. The van der Waals surface area contributed by atoms with Crippen LogP contribution in [0.5, 0.6) is 5.75 Å². The van der Waals surface area contributed by atoms with Crippen molar-refractivity contribution in [2.24, 2.45) is 5.10 Å². The van der Waals surface area contributed by atoms with E-state index in [1.807, 2.05) is 6.07 Å². The first-order valence-corrected chi connectivity index (χ1v) is 11.0. The number of sulfonamides is 1. The lowest BCUT2D eigenvalue weighted by Crippen LogP contribution is -2.15. The second-order valence-electron chi connectivity index (χ2n) is 6.77. The number of nitrogens with one attached hydrogen (secondary N) is 2. The maximum atomic E-state index is 13.1. The molecule has 0 fully saturated rings. The van der Waals surface area contributed by atoms with Gasteiger partial charge in [0.1, 0.15) is 10.6 Å². The second kappa shape index (κ2) is 9.80. The van der Waals surface area contributed by atoms with Crippen molar-refractivity contribution in [1.82, 2.24) is 0 Å². The third-order valence-electron chi connectivity index (χ3n) is 4.58. The van der Waals surface area contributed by atoms with Gasteiger partial charge in [-0.3, -0.25) is 20.3 Å². The molecule has 0 aliphatic heterocycles. The Morgan fingerprint density at radius 2 is 1.76 bits per heavy atom. The molecular weight excluding hydrogens is 446 g/mol. The lowest BCUT2D eigenvalue weighted by Gasteiger charge is -2.13. The van der Waals surface area contributed by atoms with Crippen LogP contribution in [0.15, 0.2) is 76.7 Å². The van der Waals surface area contributed by atoms with E-state index in [1.54, 1.807) is 43.3 Å². The summed E-state index contributed by atoms with van der Waals surface area (Å²) in [6.45, 7) is 1.70. The fraction of sp³-hybridized carbons (Fsp3) is 0.0909. The number of nitriles is 1. The van der Waals surface area contributed by atoms with Crippen molar-refractivity contribution < 1.29 is 18.1 Å². The lowest BCUT2D eigenvalue weighted by molar-refractivity contribution is -0.385. The van der Waals surface area contributed by atoms with Crippen LogP contribution in [0, 0.1) is 21.4 Å². The number of hydrazone groups is 1. The highest BCUT2D eigenvalue weighted by Gasteiger charge is 2.23. The highest BCUT2D eigenvalue weighted by atomic mass is 32.2. The topological polar surface area (TPSA) is 147 Å². The van der Waals surface area contributed by atoms with E-state index in [4.69, 9.17) is 10.00 Å². The van der Waals surface area contributed by atoms with E-state index in [0.29, 0.717) is 22.6 Å².